The van der Waals surface area contributed by atoms with Gasteiger partial charge in [-0.05, 0) is 48.0 Å². The zero-order chi connectivity index (χ0) is 18.7. The fraction of sp³-hybridized carbons (Fsp3) is 0. The molecule has 0 fully saturated rings. The zero-order valence-corrected chi connectivity index (χ0v) is 14.7. The van der Waals surface area contributed by atoms with Crippen LogP contribution in [0, 0.1) is 10.1 Å². The van der Waals surface area contributed by atoms with Crippen LogP contribution in [0.2, 0.25) is 5.02 Å². The second-order valence-corrected chi connectivity index (χ2v) is 6.81. The highest BCUT2D eigenvalue weighted by Gasteiger charge is 2.05. The van der Waals surface area contributed by atoms with Crippen molar-refractivity contribution in [2.45, 2.75) is 0 Å². The second kappa shape index (κ2) is 7.47. The van der Waals surface area contributed by atoms with Gasteiger partial charge in [-0.3, -0.25) is 19.7 Å². The van der Waals surface area contributed by atoms with Gasteiger partial charge in [0.1, 0.15) is 0 Å². The Morgan fingerprint density at radius 2 is 1.77 bits per heavy atom. The molecule has 0 radical (unpaired) electrons. The molecule has 6 nitrogen and oxygen atoms in total. The monoisotopic (exact) mass is 386 g/mol. The molecule has 0 unspecified atom stereocenters. The van der Waals surface area contributed by atoms with E-state index < -0.39 is 4.92 Å². The topological polar surface area (TPSA) is 93.1 Å². The van der Waals surface area contributed by atoms with Gasteiger partial charge in [-0.15, -0.1) is 11.3 Å². The van der Waals surface area contributed by atoms with Crippen molar-refractivity contribution in [2.24, 2.45) is 0 Å². The number of nitro benzene ring substituents is 1. The Bertz CT molecular complexity index is 1150. The number of ketones is 1. The molecule has 0 saturated carbocycles. The lowest BCUT2D eigenvalue weighted by Crippen LogP contribution is -2.20. The van der Waals surface area contributed by atoms with E-state index in [1.165, 1.54) is 18.2 Å². The number of carbonyl (C=O) groups is 1. The summed E-state index contributed by atoms with van der Waals surface area (Å²) in [5.41, 5.74) is 0.761. The van der Waals surface area contributed by atoms with Gasteiger partial charge in [-0.2, -0.15) is 0 Å². The Morgan fingerprint density at radius 3 is 2.38 bits per heavy atom. The van der Waals surface area contributed by atoms with Crippen molar-refractivity contribution < 1.29 is 9.72 Å². The maximum atomic E-state index is 12.2. The summed E-state index contributed by atoms with van der Waals surface area (Å²) < 4.78 is 0.817. The van der Waals surface area contributed by atoms with Crippen LogP contribution in [0.15, 0.2) is 53.3 Å². The third-order valence-electron chi connectivity index (χ3n) is 3.47. The molecule has 8 heteroatoms. The number of nitro groups is 1. The largest absolute Gasteiger partial charge is 0.313 e. The molecule has 130 valence electrons. The Morgan fingerprint density at radius 1 is 1.12 bits per heavy atom. The molecule has 1 aromatic heterocycles. The lowest BCUT2D eigenvalue weighted by molar-refractivity contribution is -0.384. The van der Waals surface area contributed by atoms with Crippen LogP contribution < -0.4 is 14.8 Å². The van der Waals surface area contributed by atoms with Crippen LogP contribution in [-0.4, -0.2) is 15.7 Å². The SMILES string of the molecule is O=C(/C=c1/[nH]c(=O)/c(=C\c2ccc([N+](=O)[O-])cc2)s1)c1ccc(Cl)cc1. The van der Waals surface area contributed by atoms with Crippen molar-refractivity contribution in [1.82, 2.24) is 4.98 Å². The number of carbonyl (C=O) groups excluding carboxylic acids is 1. The van der Waals surface area contributed by atoms with Crippen molar-refractivity contribution in [3.05, 3.63) is 94.3 Å². The summed E-state index contributed by atoms with van der Waals surface area (Å²) >= 11 is 6.93. The first kappa shape index (κ1) is 17.8. The molecule has 0 saturated heterocycles. The molecule has 1 N–H and O–H groups in total. The van der Waals surface area contributed by atoms with Gasteiger partial charge >= 0.3 is 0 Å². The highest BCUT2D eigenvalue weighted by molar-refractivity contribution is 7.07. The molecular formula is C18H11ClN2O4S. The van der Waals surface area contributed by atoms with Gasteiger partial charge < -0.3 is 4.98 Å². The van der Waals surface area contributed by atoms with E-state index in [4.69, 9.17) is 11.6 Å². The van der Waals surface area contributed by atoms with Crippen LogP contribution in [0.5, 0.6) is 0 Å². The summed E-state index contributed by atoms with van der Waals surface area (Å²) in [4.78, 5) is 37.1. The highest BCUT2D eigenvalue weighted by atomic mass is 35.5. The first-order valence-electron chi connectivity index (χ1n) is 7.39. The molecule has 3 rings (SSSR count). The molecule has 0 amide bonds. The normalized spacial score (nSPS) is 12.3. The standard InChI is InChI=1S/C18H11ClN2O4S/c19-13-5-3-12(4-6-13)15(22)10-17-20-18(23)16(26-17)9-11-1-7-14(8-2-11)21(24)25/h1-10H,(H,20,23)/b16-9+,17-10-. The van der Waals surface area contributed by atoms with Crippen molar-refractivity contribution in [1.29, 1.82) is 0 Å². The number of nitrogens with zero attached hydrogens (tertiary/aromatic N) is 1. The predicted molar refractivity (Wildman–Crippen MR) is 101 cm³/mol. The average Bonchev–Trinajstić information content (AvgIpc) is 2.95. The van der Waals surface area contributed by atoms with Crippen LogP contribution in [0.3, 0.4) is 0 Å². The van der Waals surface area contributed by atoms with Crippen molar-refractivity contribution >= 4 is 46.6 Å². The number of Topliss-reactive ketones (excluding diaryl/α,β-unsaturated/α-hetero) is 1. The molecule has 3 aromatic rings. The number of aromatic nitrogens is 1. The van der Waals surface area contributed by atoms with Crippen molar-refractivity contribution in [2.75, 3.05) is 0 Å². The van der Waals surface area contributed by atoms with E-state index in [0.29, 0.717) is 25.3 Å². The molecule has 1 heterocycles. The summed E-state index contributed by atoms with van der Waals surface area (Å²) in [6, 6.07) is 12.3. The molecule has 0 aliphatic rings. The Labute approximate surface area is 155 Å². The molecule has 26 heavy (non-hydrogen) atoms. The summed E-state index contributed by atoms with van der Waals surface area (Å²) in [6.07, 6.45) is 2.96. The minimum Gasteiger partial charge on any atom is -0.313 e. The fourth-order valence-corrected chi connectivity index (χ4v) is 3.20. The molecule has 0 aliphatic heterocycles. The van der Waals surface area contributed by atoms with Gasteiger partial charge in [0, 0.05) is 28.8 Å². The fourth-order valence-electron chi connectivity index (χ4n) is 2.18. The van der Waals surface area contributed by atoms with E-state index in [2.05, 4.69) is 4.98 Å². The molecule has 2 aromatic carbocycles. The van der Waals surface area contributed by atoms with Crippen molar-refractivity contribution in [3.63, 3.8) is 0 Å². The summed E-state index contributed by atoms with van der Waals surface area (Å²) in [5.74, 6) is -0.249. The molecular weight excluding hydrogens is 376 g/mol. The van der Waals surface area contributed by atoms with Crippen LogP contribution in [-0.2, 0) is 0 Å². The first-order chi connectivity index (χ1) is 12.4. The van der Waals surface area contributed by atoms with Crippen LogP contribution in [0.4, 0.5) is 5.69 Å². The Hall–Kier alpha value is -3.03. The Kier molecular flexibility index (Phi) is 5.11. The first-order valence-corrected chi connectivity index (χ1v) is 8.59. The average molecular weight is 387 g/mol. The minimum absolute atomic E-state index is 0.0233. The van der Waals surface area contributed by atoms with Gasteiger partial charge in [0.2, 0.25) is 0 Å². The third-order valence-corrected chi connectivity index (χ3v) is 4.69. The molecule has 0 atom stereocenters. The zero-order valence-electron chi connectivity index (χ0n) is 13.1. The van der Waals surface area contributed by atoms with Crippen molar-refractivity contribution in [3.8, 4) is 0 Å². The number of nitrogens with one attached hydrogen (secondary N) is 1. The summed E-state index contributed by atoms with van der Waals surface area (Å²) in [7, 11) is 0. The van der Waals surface area contributed by atoms with Gasteiger partial charge in [-0.1, -0.05) is 11.6 Å². The number of non-ortho nitro benzene ring substituents is 1. The number of hydrogen-bond acceptors (Lipinski definition) is 5. The van der Waals surface area contributed by atoms with Crippen LogP contribution in [0.1, 0.15) is 15.9 Å². The summed E-state index contributed by atoms with van der Waals surface area (Å²) in [6.45, 7) is 0. The smallest absolute Gasteiger partial charge is 0.269 e. The van der Waals surface area contributed by atoms with E-state index in [1.807, 2.05) is 0 Å². The van der Waals surface area contributed by atoms with Crippen LogP contribution in [0.25, 0.3) is 12.2 Å². The molecule has 0 aliphatic carbocycles. The number of halogens is 1. The van der Waals surface area contributed by atoms with E-state index >= 15 is 0 Å². The molecule has 0 spiro atoms. The number of benzene rings is 2. The van der Waals surface area contributed by atoms with E-state index in [0.717, 1.165) is 11.3 Å². The lowest BCUT2D eigenvalue weighted by Gasteiger charge is -1.94. The van der Waals surface area contributed by atoms with E-state index in [9.17, 15) is 19.7 Å². The quantitative estimate of drug-likeness (QED) is 0.423. The van der Waals surface area contributed by atoms with E-state index in [-0.39, 0.29) is 17.0 Å². The molecule has 0 bridgehead atoms. The number of hydrogen-bond donors (Lipinski definition) is 1. The minimum atomic E-state index is -0.489. The van der Waals surface area contributed by atoms with Gasteiger partial charge in [0.25, 0.3) is 11.2 Å². The number of H-pyrrole nitrogens is 1. The predicted octanol–water partition coefficient (Wildman–Crippen LogP) is 2.49. The Balaban J connectivity index is 1.93. The maximum Gasteiger partial charge on any atom is 0.269 e. The second-order valence-electron chi connectivity index (χ2n) is 5.29. The number of rotatable bonds is 4. The summed E-state index contributed by atoms with van der Waals surface area (Å²) in [5, 5.41) is 11.2. The third kappa shape index (κ3) is 4.14. The van der Waals surface area contributed by atoms with Gasteiger partial charge in [0.15, 0.2) is 5.78 Å². The highest BCUT2D eigenvalue weighted by Crippen LogP contribution is 2.12. The maximum absolute atomic E-state index is 12.2. The van der Waals surface area contributed by atoms with Gasteiger partial charge in [0.05, 0.1) is 14.1 Å². The number of thiazole rings is 1. The van der Waals surface area contributed by atoms with E-state index in [1.54, 1.807) is 42.5 Å². The van der Waals surface area contributed by atoms with Crippen LogP contribution >= 0.6 is 22.9 Å². The number of aromatic amines is 1. The lowest BCUT2D eigenvalue weighted by atomic mass is 10.1. The van der Waals surface area contributed by atoms with Gasteiger partial charge in [-0.25, -0.2) is 0 Å².